The van der Waals surface area contributed by atoms with Crippen LogP contribution in [0, 0.1) is 0 Å². The van der Waals surface area contributed by atoms with E-state index in [4.69, 9.17) is 0 Å². The van der Waals surface area contributed by atoms with Crippen LogP contribution in [-0.4, -0.2) is 19.0 Å². The summed E-state index contributed by atoms with van der Waals surface area (Å²) in [5.74, 6) is -0.0957. The number of ether oxygens (including phenoxy) is 1. The van der Waals surface area contributed by atoms with E-state index in [0.717, 1.165) is 11.3 Å². The molecule has 1 N–H and O–H groups in total. The lowest BCUT2D eigenvalue weighted by molar-refractivity contribution is -0.114. The lowest BCUT2D eigenvalue weighted by atomic mass is 10.1. The van der Waals surface area contributed by atoms with Crippen LogP contribution in [0.25, 0.3) is 0 Å². The maximum Gasteiger partial charge on any atom is 0.417 e. The predicted octanol–water partition coefficient (Wildman–Crippen LogP) is 1.27. The van der Waals surface area contributed by atoms with Gasteiger partial charge in [0.25, 0.3) is 0 Å². The first kappa shape index (κ1) is 11.2. The molecule has 0 aliphatic heterocycles. The molecule has 1 amide bonds. The minimum Gasteiger partial charge on any atom is -0.457 e. The Balaban J connectivity index is 2.48. The van der Waals surface area contributed by atoms with Crippen molar-refractivity contribution in [1.29, 1.82) is 0 Å². The second-order valence-electron chi connectivity index (χ2n) is 3.06. The maximum absolute atomic E-state index is 10.7. The fourth-order valence-corrected chi connectivity index (χ4v) is 1.17. The summed E-state index contributed by atoms with van der Waals surface area (Å²) in [6, 6.07) is 7.36. The number of benzene rings is 1. The first-order valence-corrected chi connectivity index (χ1v) is 4.58. The van der Waals surface area contributed by atoms with Crippen molar-refractivity contribution in [3.05, 3.63) is 29.8 Å². The Labute approximate surface area is 88.2 Å². The van der Waals surface area contributed by atoms with Gasteiger partial charge in [0.15, 0.2) is 0 Å². The highest BCUT2D eigenvalue weighted by Crippen LogP contribution is 2.09. The van der Waals surface area contributed by atoms with Gasteiger partial charge in [-0.2, -0.15) is 0 Å². The van der Waals surface area contributed by atoms with Crippen molar-refractivity contribution in [2.24, 2.45) is 0 Å². The van der Waals surface area contributed by atoms with Gasteiger partial charge in [-0.05, 0) is 17.7 Å². The van der Waals surface area contributed by atoms with E-state index in [2.05, 4.69) is 10.1 Å². The molecule has 0 unspecified atom stereocenters. The monoisotopic (exact) mass is 206 g/mol. The van der Waals surface area contributed by atoms with Gasteiger partial charge in [-0.1, -0.05) is 12.1 Å². The van der Waals surface area contributed by atoms with Crippen molar-refractivity contribution in [2.75, 3.05) is 11.9 Å². The van der Waals surface area contributed by atoms with E-state index in [0.29, 0.717) is 13.0 Å². The molecule has 0 saturated carbocycles. The Hall–Kier alpha value is -1.84. The van der Waals surface area contributed by atoms with Crippen LogP contribution in [0.15, 0.2) is 24.3 Å². The molecule has 0 aromatic heterocycles. The van der Waals surface area contributed by atoms with Crippen LogP contribution in [0.5, 0.6) is 0 Å². The zero-order valence-electron chi connectivity index (χ0n) is 8.45. The van der Waals surface area contributed by atoms with Crippen LogP contribution in [0.3, 0.4) is 0 Å². The Bertz CT molecular complexity index is 332. The van der Waals surface area contributed by atoms with Gasteiger partial charge in [-0.3, -0.25) is 4.79 Å². The van der Waals surface area contributed by atoms with Crippen LogP contribution < -0.4 is 5.32 Å². The van der Waals surface area contributed by atoms with E-state index >= 15 is 0 Å². The minimum atomic E-state index is -0.0957. The summed E-state index contributed by atoms with van der Waals surface area (Å²) in [4.78, 5) is 20.5. The molecule has 15 heavy (non-hydrogen) atoms. The summed E-state index contributed by atoms with van der Waals surface area (Å²) in [6.07, 6.45) is 0.648. The van der Waals surface area contributed by atoms with Gasteiger partial charge in [0.1, 0.15) is 0 Å². The fraction of sp³-hybridized carbons (Fsp3) is 0.273. The molecule has 0 spiro atoms. The molecule has 0 heterocycles. The van der Waals surface area contributed by atoms with E-state index in [1.165, 1.54) is 13.4 Å². The number of nitrogens with one attached hydrogen (secondary N) is 1. The molecule has 4 heteroatoms. The summed E-state index contributed by atoms with van der Waals surface area (Å²) in [6.45, 7) is 3.15. The summed E-state index contributed by atoms with van der Waals surface area (Å²) in [7, 11) is 0. The average Bonchev–Trinajstić information content (AvgIpc) is 2.20. The number of amides is 1. The quantitative estimate of drug-likeness (QED) is 0.738. The van der Waals surface area contributed by atoms with Gasteiger partial charge in [0.2, 0.25) is 5.91 Å². The molecule has 0 aliphatic carbocycles. The Morgan fingerprint density at radius 3 is 2.60 bits per heavy atom. The van der Waals surface area contributed by atoms with Gasteiger partial charge in [0, 0.05) is 19.0 Å². The third-order valence-electron chi connectivity index (χ3n) is 1.83. The summed E-state index contributed by atoms with van der Waals surface area (Å²) in [5.41, 5.74) is 1.80. The molecule has 1 aromatic carbocycles. The zero-order chi connectivity index (χ0) is 11.1. The summed E-state index contributed by atoms with van der Waals surface area (Å²) >= 11 is 0. The molecule has 0 atom stereocenters. The van der Waals surface area contributed by atoms with E-state index in [1.807, 2.05) is 12.1 Å². The SMILES string of the molecule is CC(=O)Nc1ccc(CCO[C]=O)cc1. The van der Waals surface area contributed by atoms with Gasteiger partial charge in [-0.25, -0.2) is 4.79 Å². The van der Waals surface area contributed by atoms with Crippen molar-refractivity contribution in [2.45, 2.75) is 13.3 Å². The highest BCUT2D eigenvalue weighted by molar-refractivity contribution is 5.88. The molecular weight excluding hydrogens is 194 g/mol. The number of rotatable bonds is 5. The number of hydrogen-bond acceptors (Lipinski definition) is 3. The van der Waals surface area contributed by atoms with E-state index in [9.17, 15) is 9.59 Å². The molecule has 1 aromatic rings. The molecular formula is C11H12NO3. The molecule has 4 nitrogen and oxygen atoms in total. The molecule has 0 saturated heterocycles. The standard InChI is InChI=1S/C11H12NO3/c1-9(14)12-11-4-2-10(3-5-11)6-7-15-8-13/h2-5H,6-7H2,1H3,(H,12,14). The van der Waals surface area contributed by atoms with E-state index < -0.39 is 0 Å². The van der Waals surface area contributed by atoms with Crippen molar-refractivity contribution >= 4 is 18.1 Å². The second-order valence-corrected chi connectivity index (χ2v) is 3.06. The van der Waals surface area contributed by atoms with Crippen molar-refractivity contribution in [3.8, 4) is 0 Å². The lowest BCUT2D eigenvalue weighted by Crippen LogP contribution is -2.05. The summed E-state index contributed by atoms with van der Waals surface area (Å²) < 4.78 is 4.46. The first-order valence-electron chi connectivity index (χ1n) is 4.58. The number of carbonyl (C=O) groups is 1. The third-order valence-corrected chi connectivity index (χ3v) is 1.83. The fourth-order valence-electron chi connectivity index (χ4n) is 1.17. The van der Waals surface area contributed by atoms with Crippen LogP contribution in [0.4, 0.5) is 5.69 Å². The average molecular weight is 206 g/mol. The van der Waals surface area contributed by atoms with E-state index in [-0.39, 0.29) is 5.91 Å². The molecule has 0 aliphatic rings. The van der Waals surface area contributed by atoms with Crippen molar-refractivity contribution in [3.63, 3.8) is 0 Å². The number of anilines is 1. The molecule has 1 radical (unpaired) electrons. The van der Waals surface area contributed by atoms with Crippen LogP contribution in [-0.2, 0) is 20.7 Å². The minimum absolute atomic E-state index is 0.0957. The first-order chi connectivity index (χ1) is 7.22. The van der Waals surface area contributed by atoms with Crippen molar-refractivity contribution < 1.29 is 14.3 Å². The highest BCUT2D eigenvalue weighted by Gasteiger charge is 1.96. The largest absolute Gasteiger partial charge is 0.457 e. The lowest BCUT2D eigenvalue weighted by Gasteiger charge is -2.03. The summed E-state index contributed by atoms with van der Waals surface area (Å²) in [5, 5.41) is 2.67. The predicted molar refractivity (Wildman–Crippen MR) is 56.1 cm³/mol. The Kier molecular flexibility index (Phi) is 4.34. The normalized spacial score (nSPS) is 9.40. The third kappa shape index (κ3) is 4.26. The molecule has 0 bridgehead atoms. The number of hydrogen-bond donors (Lipinski definition) is 1. The van der Waals surface area contributed by atoms with Crippen molar-refractivity contribution in [1.82, 2.24) is 0 Å². The Morgan fingerprint density at radius 2 is 2.07 bits per heavy atom. The molecule has 79 valence electrons. The van der Waals surface area contributed by atoms with E-state index in [1.54, 1.807) is 12.1 Å². The van der Waals surface area contributed by atoms with Gasteiger partial charge in [0.05, 0.1) is 6.61 Å². The smallest absolute Gasteiger partial charge is 0.417 e. The maximum atomic E-state index is 10.7. The zero-order valence-corrected chi connectivity index (χ0v) is 8.45. The topological polar surface area (TPSA) is 55.4 Å². The van der Waals surface area contributed by atoms with Gasteiger partial charge >= 0.3 is 6.47 Å². The van der Waals surface area contributed by atoms with Crippen LogP contribution in [0.2, 0.25) is 0 Å². The highest BCUT2D eigenvalue weighted by atomic mass is 16.5. The number of carbonyl (C=O) groups excluding carboxylic acids is 2. The van der Waals surface area contributed by atoms with Crippen LogP contribution in [0.1, 0.15) is 12.5 Å². The second kappa shape index (κ2) is 5.80. The Morgan fingerprint density at radius 1 is 1.40 bits per heavy atom. The molecule has 0 fully saturated rings. The molecule has 1 rings (SSSR count). The van der Waals surface area contributed by atoms with Gasteiger partial charge in [-0.15, -0.1) is 0 Å². The van der Waals surface area contributed by atoms with Gasteiger partial charge < -0.3 is 10.1 Å². The van der Waals surface area contributed by atoms with Crippen LogP contribution >= 0.6 is 0 Å².